The molecule has 0 unspecified atom stereocenters. The second-order valence-electron chi connectivity index (χ2n) is 39.8. The van der Waals surface area contributed by atoms with E-state index in [0.717, 1.165) is 0 Å². The number of hydrazine groups is 1. The summed E-state index contributed by atoms with van der Waals surface area (Å²) < 4.78 is 0. The molecule has 0 fully saturated rings. The predicted octanol–water partition coefficient (Wildman–Crippen LogP) is -0.981. The number of carbonyl (C=O) groups excluding carboxylic acids is 17. The number of nitrogens with one attached hydrogen (secondary N) is 17. The molecule has 15 atom stereocenters. The zero-order valence-corrected chi connectivity index (χ0v) is 85.9. The van der Waals surface area contributed by atoms with E-state index in [2.05, 4.69) is 90.5 Å². The van der Waals surface area contributed by atoms with Crippen molar-refractivity contribution in [3.63, 3.8) is 0 Å². The first-order valence-electron chi connectivity index (χ1n) is 50.5. The van der Waals surface area contributed by atoms with Gasteiger partial charge in [-0.05, 0) is 266 Å². The maximum atomic E-state index is 14.8. The molecule has 0 heterocycles. The Morgan fingerprint density at radius 1 is 0.217 bits per heavy atom. The lowest BCUT2D eigenvalue weighted by atomic mass is 9.98. The molecule has 796 valence electrons. The van der Waals surface area contributed by atoms with Crippen LogP contribution in [0.1, 0.15) is 303 Å². The van der Waals surface area contributed by atoms with Gasteiger partial charge in [0.15, 0.2) is 0 Å². The Morgan fingerprint density at radius 3 is 0.623 bits per heavy atom. The van der Waals surface area contributed by atoms with Crippen LogP contribution in [0.15, 0.2) is 0 Å². The minimum Gasteiger partial charge on any atom is -0.394 e. The largest absolute Gasteiger partial charge is 0.394 e. The van der Waals surface area contributed by atoms with Crippen molar-refractivity contribution >= 4 is 100 Å². The average molecular weight is 1960 g/mol. The molecule has 17 amide bonds. The van der Waals surface area contributed by atoms with Crippen molar-refractivity contribution in [2.75, 3.05) is 59.0 Å². The quantitative estimate of drug-likeness (QED) is 0.0151. The molecule has 0 aromatic heterocycles. The van der Waals surface area contributed by atoms with Crippen molar-refractivity contribution in [2.24, 2.45) is 93.3 Å². The molecule has 0 saturated carbocycles. The second kappa shape index (κ2) is 73.7. The summed E-state index contributed by atoms with van der Waals surface area (Å²) in [6.07, 6.45) is 8.11. The van der Waals surface area contributed by atoms with Gasteiger partial charge in [0, 0.05) is 13.0 Å². The lowest BCUT2D eigenvalue weighted by Gasteiger charge is -2.30. The summed E-state index contributed by atoms with van der Waals surface area (Å²) in [6, 6.07) is -19.3. The van der Waals surface area contributed by atoms with Crippen LogP contribution in [-0.4, -0.2) is 255 Å². The van der Waals surface area contributed by atoms with Gasteiger partial charge in [-0.2, -0.15) is 0 Å². The molecule has 0 aromatic rings. The van der Waals surface area contributed by atoms with Gasteiger partial charge in [-0.3, -0.25) is 86.9 Å². The summed E-state index contributed by atoms with van der Waals surface area (Å²) in [5, 5.41) is 54.8. The van der Waals surface area contributed by atoms with Crippen LogP contribution < -0.4 is 136 Å². The highest BCUT2D eigenvalue weighted by Crippen LogP contribution is 2.20. The van der Waals surface area contributed by atoms with Crippen LogP contribution in [0.25, 0.3) is 0 Å². The van der Waals surface area contributed by atoms with Crippen molar-refractivity contribution in [3.05, 3.63) is 0 Å². The van der Waals surface area contributed by atoms with Gasteiger partial charge in [0.05, 0.1) is 19.2 Å². The van der Waals surface area contributed by atoms with Gasteiger partial charge in [0.1, 0.15) is 84.6 Å². The van der Waals surface area contributed by atoms with Crippen molar-refractivity contribution in [1.29, 1.82) is 0 Å². The highest BCUT2D eigenvalue weighted by atomic mass is 16.3. The average Bonchev–Trinajstić information content (AvgIpc) is 0.851. The number of nitrogens with two attached hydrogens (primary N) is 8. The normalized spacial score (nSPS) is 14.8. The van der Waals surface area contributed by atoms with Crippen LogP contribution in [0.3, 0.4) is 0 Å². The zero-order chi connectivity index (χ0) is 105. The standard InChI is InChI=1S/C95H183N25O18/c1-56(2)46-64(102)81(124)106-66(33-20-26-40-97)83(126)108-67(34-21-27-41-98)84(127)113-74(50-60(9)10)91(134)116-73(49-59(7)8)90(133)110-69(36-23-29-43-100)86(129)114-76(52-62(13)14)93(136)118-77(53-63(15)16)94(137)119-78(55-121)95(138)111-70(37-24-30-44-101)87(130)115-75(51-61(11)12)92(135)117-72(48-58(5)6)89(132)109-68(35-22-28-42-99)85(128)112-71(47-57(3)4)88(131)107-65(32-19-25-39-96)82(125)105-54-80(123)104-45-31-17-18-38-79(122)120-103/h56-78,121H,17-55,96-103H2,1-16H3,(H,104,123)(H,105,125)(H,106,124)(H,107,131)(H,108,126)(H,109,132)(H,110,133)(H,111,138)(H,112,128)(H,113,127)(H,114,129)(H,115,130)(H,116,134)(H,117,135)(H,118,136)(H,119,137)(H,120,122)/t64-,65-,66-,67-,68-,69-,70-,71-,72-,73-,74-,75-,76-,77-,78-/m0/s1. The number of amides is 17. The van der Waals surface area contributed by atoms with Crippen LogP contribution in [0.2, 0.25) is 0 Å². The molecule has 43 heteroatoms. The summed E-state index contributed by atoms with van der Waals surface area (Å²) in [5.74, 6) is -8.78. The van der Waals surface area contributed by atoms with Crippen LogP contribution in [0.4, 0.5) is 0 Å². The summed E-state index contributed by atoms with van der Waals surface area (Å²) in [7, 11) is 0. The van der Waals surface area contributed by atoms with Crippen LogP contribution in [-0.2, 0) is 81.5 Å². The van der Waals surface area contributed by atoms with E-state index in [1.807, 2.05) is 55.4 Å². The molecular formula is C95H183N25O18. The van der Waals surface area contributed by atoms with Gasteiger partial charge in [-0.25, -0.2) is 5.84 Å². The number of hydrogen-bond acceptors (Lipinski definition) is 26. The smallest absolute Gasteiger partial charge is 0.245 e. The fraction of sp³-hybridized carbons (Fsp3) is 0.821. The van der Waals surface area contributed by atoms with Crippen molar-refractivity contribution < 1.29 is 86.6 Å². The molecule has 138 heavy (non-hydrogen) atoms. The van der Waals surface area contributed by atoms with E-state index in [9.17, 15) is 86.6 Å². The monoisotopic (exact) mass is 1960 g/mol. The van der Waals surface area contributed by atoms with Crippen LogP contribution in [0.5, 0.6) is 0 Å². The third-order valence-electron chi connectivity index (χ3n) is 22.7. The molecule has 0 saturated heterocycles. The van der Waals surface area contributed by atoms with E-state index in [0.29, 0.717) is 116 Å². The molecule has 0 rings (SSSR count). The van der Waals surface area contributed by atoms with E-state index < -0.39 is 198 Å². The van der Waals surface area contributed by atoms with Gasteiger partial charge in [-0.15, -0.1) is 0 Å². The highest BCUT2D eigenvalue weighted by molar-refractivity contribution is 6.01. The third kappa shape index (κ3) is 57.4. The summed E-state index contributed by atoms with van der Waals surface area (Å²) >= 11 is 0. The first-order chi connectivity index (χ1) is 65.1. The first kappa shape index (κ1) is 129. The molecule has 0 bridgehead atoms. The van der Waals surface area contributed by atoms with Gasteiger partial charge < -0.3 is 130 Å². The van der Waals surface area contributed by atoms with Gasteiger partial charge in [-0.1, -0.05) is 117 Å². The molecule has 0 aliphatic heterocycles. The molecule has 0 spiro atoms. The molecular weight excluding hydrogens is 1780 g/mol. The summed E-state index contributed by atoms with van der Waals surface area (Å²) in [5.41, 5.74) is 43.4. The first-order valence-corrected chi connectivity index (χ1v) is 50.5. The summed E-state index contributed by atoms with van der Waals surface area (Å²) in [6.45, 7) is 29.6. The minimum atomic E-state index is -1.75. The van der Waals surface area contributed by atoms with Gasteiger partial charge in [0.25, 0.3) is 0 Å². The van der Waals surface area contributed by atoms with Crippen molar-refractivity contribution in [3.8, 4) is 0 Å². The Bertz CT molecular complexity index is 3630. The molecule has 0 aromatic carbocycles. The number of aliphatic hydroxyl groups excluding tert-OH is 1. The Hall–Kier alpha value is -9.37. The van der Waals surface area contributed by atoms with Gasteiger partial charge in [0.2, 0.25) is 100 Å². The molecule has 34 N–H and O–H groups in total. The van der Waals surface area contributed by atoms with E-state index in [-0.39, 0.29) is 176 Å². The SMILES string of the molecule is CC(C)C[C@H](NC(=O)[C@H](CCCCN)NC(=O)[C@H](CC(C)C)NC(=O)[C@H](CC(C)C)NC(=O)[C@H](CCCCN)NC(=O)[C@H](CO)NC(=O)[C@H](CC(C)C)NC(=O)[C@H](CC(C)C)NC(=O)[C@H](CCCCN)NC(=O)[C@H](CC(C)C)NC(=O)[C@H](CC(C)C)NC(=O)[C@H](CCCCN)NC(=O)[C@H](CCCCN)NC(=O)[C@@H](N)CC(C)C)C(=O)N[C@@H](CCCCN)C(=O)NCC(=O)NCCCCCC(=O)NN. The predicted molar refractivity (Wildman–Crippen MR) is 532 cm³/mol. The molecule has 43 nitrogen and oxygen atoms in total. The lowest BCUT2D eigenvalue weighted by molar-refractivity contribution is -0.137. The molecule has 0 aliphatic rings. The Kier molecular flexibility index (Phi) is 68.7. The van der Waals surface area contributed by atoms with Crippen LogP contribution in [0, 0.1) is 47.3 Å². The van der Waals surface area contributed by atoms with E-state index in [4.69, 9.17) is 46.0 Å². The summed E-state index contributed by atoms with van der Waals surface area (Å²) in [4.78, 5) is 241. The van der Waals surface area contributed by atoms with Crippen LogP contribution >= 0.6 is 0 Å². The molecule has 0 aliphatic carbocycles. The highest BCUT2D eigenvalue weighted by Gasteiger charge is 2.40. The number of hydrogen-bond donors (Lipinski definition) is 26. The second-order valence-corrected chi connectivity index (χ2v) is 39.8. The molecule has 0 radical (unpaired) electrons. The lowest BCUT2D eigenvalue weighted by Crippen LogP contribution is -2.61. The number of unbranched alkanes of at least 4 members (excludes halogenated alkanes) is 8. The maximum absolute atomic E-state index is 14.8. The number of carbonyl (C=O) groups is 17. The van der Waals surface area contributed by atoms with Crippen molar-refractivity contribution in [1.82, 2.24) is 90.5 Å². The fourth-order valence-corrected chi connectivity index (χ4v) is 15.4. The van der Waals surface area contributed by atoms with E-state index >= 15 is 0 Å². The Labute approximate surface area is 820 Å². The Balaban J connectivity index is 7.23. The van der Waals surface area contributed by atoms with E-state index in [1.165, 1.54) is 0 Å². The topological polar surface area (TPSA) is 723 Å². The Morgan fingerprint density at radius 2 is 0.413 bits per heavy atom. The minimum absolute atomic E-state index is 0.00635. The number of rotatable bonds is 78. The van der Waals surface area contributed by atoms with Crippen molar-refractivity contribution in [2.45, 2.75) is 394 Å². The zero-order valence-electron chi connectivity index (χ0n) is 85.9. The van der Waals surface area contributed by atoms with Gasteiger partial charge >= 0.3 is 0 Å². The maximum Gasteiger partial charge on any atom is 0.245 e. The van der Waals surface area contributed by atoms with E-state index in [1.54, 1.807) is 55.4 Å². The third-order valence-corrected chi connectivity index (χ3v) is 22.7. The fourth-order valence-electron chi connectivity index (χ4n) is 15.4. The number of aliphatic hydroxyl groups is 1.